The van der Waals surface area contributed by atoms with E-state index < -0.39 is 11.9 Å². The van der Waals surface area contributed by atoms with Gasteiger partial charge in [0.1, 0.15) is 0 Å². The van der Waals surface area contributed by atoms with Crippen LogP contribution in [-0.2, 0) is 13.5 Å². The summed E-state index contributed by atoms with van der Waals surface area (Å²) in [5.74, 6) is -0.242. The fourth-order valence-corrected chi connectivity index (χ4v) is 1.81. The van der Waals surface area contributed by atoms with Crippen molar-refractivity contribution in [2.24, 2.45) is 7.05 Å². The summed E-state index contributed by atoms with van der Waals surface area (Å²) in [6.45, 7) is 0. The molecule has 0 saturated heterocycles. The van der Waals surface area contributed by atoms with Crippen molar-refractivity contribution in [1.29, 1.82) is 0 Å². The minimum absolute atomic E-state index is 0.186. The van der Waals surface area contributed by atoms with Crippen LogP contribution in [0.4, 0.5) is 4.39 Å². The van der Waals surface area contributed by atoms with E-state index in [-0.39, 0.29) is 12.2 Å². The van der Waals surface area contributed by atoms with Gasteiger partial charge in [0, 0.05) is 25.2 Å². The van der Waals surface area contributed by atoms with Gasteiger partial charge in [-0.25, -0.2) is 4.39 Å². The van der Waals surface area contributed by atoms with Gasteiger partial charge in [0.25, 0.3) is 0 Å². The predicted molar refractivity (Wildman–Crippen MR) is 64.8 cm³/mol. The van der Waals surface area contributed by atoms with E-state index in [2.05, 4.69) is 5.10 Å². The summed E-state index contributed by atoms with van der Waals surface area (Å²) >= 11 is 0. The maximum atomic E-state index is 13.9. The molecule has 0 saturated carbocycles. The molecular weight excluding hydrogens is 235 g/mol. The van der Waals surface area contributed by atoms with Gasteiger partial charge in [-0.2, -0.15) is 5.10 Å². The van der Waals surface area contributed by atoms with Crippen LogP contribution >= 0.6 is 0 Å². The third kappa shape index (κ3) is 2.51. The molecule has 1 N–H and O–H groups in total. The van der Waals surface area contributed by atoms with Crippen LogP contribution in [0.3, 0.4) is 0 Å². The van der Waals surface area contributed by atoms with E-state index in [1.54, 1.807) is 42.3 Å². The minimum Gasteiger partial charge on any atom is -0.494 e. The van der Waals surface area contributed by atoms with Crippen LogP contribution < -0.4 is 4.74 Å². The van der Waals surface area contributed by atoms with E-state index in [0.29, 0.717) is 11.1 Å². The van der Waals surface area contributed by atoms with Crippen molar-refractivity contribution >= 4 is 0 Å². The highest BCUT2D eigenvalue weighted by Gasteiger charge is 2.15. The number of rotatable bonds is 4. The summed E-state index contributed by atoms with van der Waals surface area (Å²) in [5.41, 5.74) is 1.09. The first-order valence-corrected chi connectivity index (χ1v) is 5.60. The van der Waals surface area contributed by atoms with Crippen molar-refractivity contribution in [2.45, 2.75) is 12.5 Å². The van der Waals surface area contributed by atoms with Crippen molar-refractivity contribution in [3.05, 3.63) is 47.5 Å². The lowest BCUT2D eigenvalue weighted by molar-refractivity contribution is 0.176. The third-order valence-electron chi connectivity index (χ3n) is 2.79. The number of hydrogen-bond donors (Lipinski definition) is 1. The third-order valence-corrected chi connectivity index (χ3v) is 2.79. The molecule has 1 heterocycles. The molecule has 0 amide bonds. The van der Waals surface area contributed by atoms with Crippen LogP contribution in [-0.4, -0.2) is 22.0 Å². The number of aryl methyl sites for hydroxylation is 1. The summed E-state index contributed by atoms with van der Waals surface area (Å²) in [5, 5.41) is 14.0. The maximum Gasteiger partial charge on any atom is 0.168 e. The molecule has 0 aliphatic rings. The van der Waals surface area contributed by atoms with Crippen molar-refractivity contribution < 1.29 is 14.2 Å². The molecule has 0 fully saturated rings. The number of aromatic nitrogens is 2. The Morgan fingerprint density at radius 2 is 2.28 bits per heavy atom. The molecule has 4 nitrogen and oxygen atoms in total. The lowest BCUT2D eigenvalue weighted by Crippen LogP contribution is -2.03. The standard InChI is InChI=1S/C13H15FN2O2/c1-16-8-10(7-15-16)11(17)6-9-4-3-5-12(18-2)13(9)14/h3-5,7-8,11,17H,6H2,1-2H3. The summed E-state index contributed by atoms with van der Waals surface area (Å²) < 4.78 is 20.4. The number of aliphatic hydroxyl groups excluding tert-OH is 1. The number of hydrogen-bond acceptors (Lipinski definition) is 3. The predicted octanol–water partition coefficient (Wildman–Crippen LogP) is 1.84. The molecular formula is C13H15FN2O2. The van der Waals surface area contributed by atoms with Crippen molar-refractivity contribution in [3.63, 3.8) is 0 Å². The van der Waals surface area contributed by atoms with Gasteiger partial charge in [-0.05, 0) is 11.6 Å². The SMILES string of the molecule is COc1cccc(CC(O)c2cnn(C)c2)c1F. The monoisotopic (exact) mass is 250 g/mol. The van der Waals surface area contributed by atoms with Crippen LogP contribution in [0.15, 0.2) is 30.6 Å². The Bertz CT molecular complexity index is 540. The van der Waals surface area contributed by atoms with E-state index >= 15 is 0 Å². The number of methoxy groups -OCH3 is 1. The number of halogens is 1. The van der Waals surface area contributed by atoms with E-state index in [0.717, 1.165) is 0 Å². The maximum absolute atomic E-state index is 13.9. The topological polar surface area (TPSA) is 47.3 Å². The number of ether oxygens (including phenoxy) is 1. The number of nitrogens with zero attached hydrogens (tertiary/aromatic N) is 2. The van der Waals surface area contributed by atoms with Crippen LogP contribution in [0.2, 0.25) is 0 Å². The molecule has 1 atom stereocenters. The highest BCUT2D eigenvalue weighted by Crippen LogP contribution is 2.24. The van der Waals surface area contributed by atoms with E-state index in [9.17, 15) is 9.50 Å². The lowest BCUT2D eigenvalue weighted by atomic mass is 10.0. The van der Waals surface area contributed by atoms with Crippen LogP contribution in [0, 0.1) is 5.82 Å². The Balaban J connectivity index is 2.19. The summed E-state index contributed by atoms with van der Waals surface area (Å²) in [6.07, 6.45) is 2.69. The lowest BCUT2D eigenvalue weighted by Gasteiger charge is -2.11. The Kier molecular flexibility index (Phi) is 3.62. The van der Waals surface area contributed by atoms with Gasteiger partial charge in [-0.1, -0.05) is 12.1 Å². The molecule has 96 valence electrons. The summed E-state index contributed by atoms with van der Waals surface area (Å²) in [6, 6.07) is 4.89. The zero-order valence-corrected chi connectivity index (χ0v) is 10.3. The second-order valence-corrected chi connectivity index (χ2v) is 4.10. The van der Waals surface area contributed by atoms with Crippen LogP contribution in [0.5, 0.6) is 5.75 Å². The molecule has 0 aliphatic carbocycles. The van der Waals surface area contributed by atoms with Crippen LogP contribution in [0.25, 0.3) is 0 Å². The fourth-order valence-electron chi connectivity index (χ4n) is 1.81. The highest BCUT2D eigenvalue weighted by molar-refractivity contribution is 5.32. The first-order chi connectivity index (χ1) is 8.61. The average molecular weight is 250 g/mol. The largest absolute Gasteiger partial charge is 0.494 e. The normalized spacial score (nSPS) is 12.4. The molecule has 2 aromatic rings. The van der Waals surface area contributed by atoms with Crippen LogP contribution in [0.1, 0.15) is 17.2 Å². The Morgan fingerprint density at radius 1 is 1.50 bits per heavy atom. The molecule has 1 aromatic heterocycles. The second kappa shape index (κ2) is 5.18. The molecule has 1 unspecified atom stereocenters. The zero-order valence-electron chi connectivity index (χ0n) is 10.3. The van der Waals surface area contributed by atoms with Crippen molar-refractivity contribution in [1.82, 2.24) is 9.78 Å². The molecule has 0 spiro atoms. The number of benzene rings is 1. The molecule has 5 heteroatoms. The van der Waals surface area contributed by atoms with E-state index in [1.807, 2.05) is 0 Å². The van der Waals surface area contributed by atoms with Gasteiger partial charge in [0.2, 0.25) is 0 Å². The summed E-state index contributed by atoms with van der Waals surface area (Å²) in [7, 11) is 3.18. The molecule has 0 aliphatic heterocycles. The highest BCUT2D eigenvalue weighted by atomic mass is 19.1. The Morgan fingerprint density at radius 3 is 2.89 bits per heavy atom. The molecule has 1 aromatic carbocycles. The van der Waals surface area contributed by atoms with Crippen molar-refractivity contribution in [3.8, 4) is 5.75 Å². The van der Waals surface area contributed by atoms with Crippen molar-refractivity contribution in [2.75, 3.05) is 7.11 Å². The average Bonchev–Trinajstić information content (AvgIpc) is 2.78. The second-order valence-electron chi connectivity index (χ2n) is 4.10. The van der Waals surface area contributed by atoms with E-state index in [4.69, 9.17) is 4.74 Å². The molecule has 0 radical (unpaired) electrons. The summed E-state index contributed by atoms with van der Waals surface area (Å²) in [4.78, 5) is 0. The quantitative estimate of drug-likeness (QED) is 0.900. The number of aliphatic hydroxyl groups is 1. The Hall–Kier alpha value is -1.88. The van der Waals surface area contributed by atoms with Gasteiger partial charge in [0.15, 0.2) is 11.6 Å². The Labute approximate surface area is 105 Å². The first-order valence-electron chi connectivity index (χ1n) is 5.60. The fraction of sp³-hybridized carbons (Fsp3) is 0.308. The first kappa shape index (κ1) is 12.6. The van der Waals surface area contributed by atoms with Gasteiger partial charge < -0.3 is 9.84 Å². The van der Waals surface area contributed by atoms with Gasteiger partial charge in [0.05, 0.1) is 19.4 Å². The minimum atomic E-state index is -0.777. The zero-order chi connectivity index (χ0) is 13.1. The van der Waals surface area contributed by atoms with E-state index in [1.165, 1.54) is 7.11 Å². The van der Waals surface area contributed by atoms with Gasteiger partial charge in [-0.15, -0.1) is 0 Å². The van der Waals surface area contributed by atoms with Gasteiger partial charge >= 0.3 is 0 Å². The molecule has 2 rings (SSSR count). The van der Waals surface area contributed by atoms with Gasteiger partial charge in [-0.3, -0.25) is 4.68 Å². The molecule has 18 heavy (non-hydrogen) atoms. The molecule has 0 bridgehead atoms. The smallest absolute Gasteiger partial charge is 0.168 e.